The van der Waals surface area contributed by atoms with Crippen LogP contribution in [-0.2, 0) is 0 Å². The highest BCUT2D eigenvalue weighted by molar-refractivity contribution is 7.09. The van der Waals surface area contributed by atoms with E-state index in [-0.39, 0.29) is 11.3 Å². The third-order valence-corrected chi connectivity index (χ3v) is 4.72. The molecule has 1 N–H and O–H groups in total. The molecule has 2 aromatic carbocycles. The van der Waals surface area contributed by atoms with Crippen LogP contribution in [0, 0.1) is 17.0 Å². The number of rotatable bonds is 5. The van der Waals surface area contributed by atoms with Gasteiger partial charge >= 0.3 is 0 Å². The molecule has 138 valence electrons. The Morgan fingerprint density at radius 3 is 2.63 bits per heavy atom. The van der Waals surface area contributed by atoms with Gasteiger partial charge in [0.2, 0.25) is 0 Å². The average Bonchev–Trinajstić information content (AvgIpc) is 3.07. The van der Waals surface area contributed by atoms with Crippen LogP contribution in [0.5, 0.6) is 0 Å². The SMILES string of the molecule is Cc1nc(-c2cccc(NC(=O)c3ccc(N(C)C)c([N+](=O)[O-])c3)c2)cs1. The molecule has 27 heavy (non-hydrogen) atoms. The molecule has 0 fully saturated rings. The molecule has 1 aromatic heterocycles. The van der Waals surface area contributed by atoms with E-state index < -0.39 is 10.8 Å². The minimum absolute atomic E-state index is 0.112. The molecule has 7 nitrogen and oxygen atoms in total. The maximum absolute atomic E-state index is 12.6. The summed E-state index contributed by atoms with van der Waals surface area (Å²) in [6.07, 6.45) is 0. The number of amides is 1. The van der Waals surface area contributed by atoms with E-state index in [4.69, 9.17) is 0 Å². The van der Waals surface area contributed by atoms with Crippen LogP contribution in [0.25, 0.3) is 11.3 Å². The van der Waals surface area contributed by atoms with Gasteiger partial charge in [-0.1, -0.05) is 12.1 Å². The van der Waals surface area contributed by atoms with E-state index >= 15 is 0 Å². The maximum Gasteiger partial charge on any atom is 0.293 e. The number of carbonyl (C=O) groups is 1. The molecule has 1 amide bonds. The standard InChI is InChI=1S/C19H18N4O3S/c1-12-20-16(11-27-12)13-5-4-6-15(9-13)21-19(24)14-7-8-17(22(2)3)18(10-14)23(25)26/h4-11H,1-3H3,(H,21,24). The first-order valence-electron chi connectivity index (χ1n) is 8.15. The lowest BCUT2D eigenvalue weighted by Gasteiger charge is -2.13. The highest BCUT2D eigenvalue weighted by Crippen LogP contribution is 2.28. The zero-order valence-electron chi connectivity index (χ0n) is 15.1. The number of aryl methyl sites for hydroxylation is 1. The molecule has 0 aliphatic heterocycles. The second kappa shape index (κ2) is 7.55. The number of carbonyl (C=O) groups excluding carboxylic acids is 1. The number of hydrogen-bond acceptors (Lipinski definition) is 6. The van der Waals surface area contributed by atoms with Gasteiger partial charge in [0.25, 0.3) is 11.6 Å². The van der Waals surface area contributed by atoms with Crippen molar-refractivity contribution in [3.05, 3.63) is 68.5 Å². The second-order valence-corrected chi connectivity index (χ2v) is 7.20. The Morgan fingerprint density at radius 2 is 2.00 bits per heavy atom. The van der Waals surface area contributed by atoms with Gasteiger partial charge in [0.1, 0.15) is 5.69 Å². The fraction of sp³-hybridized carbons (Fsp3) is 0.158. The number of benzene rings is 2. The molecular formula is C19H18N4O3S. The summed E-state index contributed by atoms with van der Waals surface area (Å²) in [6.45, 7) is 1.93. The zero-order chi connectivity index (χ0) is 19.6. The van der Waals surface area contributed by atoms with Gasteiger partial charge in [-0.2, -0.15) is 0 Å². The monoisotopic (exact) mass is 382 g/mol. The summed E-state index contributed by atoms with van der Waals surface area (Å²) in [5.74, 6) is -0.407. The van der Waals surface area contributed by atoms with Crippen molar-refractivity contribution in [2.24, 2.45) is 0 Å². The fourth-order valence-electron chi connectivity index (χ4n) is 2.64. The summed E-state index contributed by atoms with van der Waals surface area (Å²) >= 11 is 1.56. The number of hydrogen-bond donors (Lipinski definition) is 1. The van der Waals surface area contributed by atoms with Gasteiger partial charge in [-0.25, -0.2) is 4.98 Å². The number of nitrogens with zero attached hydrogens (tertiary/aromatic N) is 3. The largest absolute Gasteiger partial charge is 0.372 e. The number of aromatic nitrogens is 1. The third kappa shape index (κ3) is 4.12. The van der Waals surface area contributed by atoms with Crippen molar-refractivity contribution in [2.45, 2.75) is 6.92 Å². The molecule has 0 unspecified atom stereocenters. The molecule has 0 saturated heterocycles. The number of nitro benzene ring substituents is 1. The summed E-state index contributed by atoms with van der Waals surface area (Å²) in [5, 5.41) is 17.0. The molecule has 8 heteroatoms. The van der Waals surface area contributed by atoms with Crippen LogP contribution < -0.4 is 10.2 Å². The Labute approximate surface area is 160 Å². The van der Waals surface area contributed by atoms with Crippen molar-refractivity contribution < 1.29 is 9.72 Å². The second-order valence-electron chi connectivity index (χ2n) is 6.14. The van der Waals surface area contributed by atoms with Crippen LogP contribution in [0.1, 0.15) is 15.4 Å². The molecule has 3 aromatic rings. The van der Waals surface area contributed by atoms with Crippen molar-refractivity contribution in [1.82, 2.24) is 4.98 Å². The van der Waals surface area contributed by atoms with Crippen LogP contribution in [0.15, 0.2) is 47.8 Å². The predicted molar refractivity (Wildman–Crippen MR) is 108 cm³/mol. The Hall–Kier alpha value is -3.26. The smallest absolute Gasteiger partial charge is 0.293 e. The summed E-state index contributed by atoms with van der Waals surface area (Å²) in [5.41, 5.74) is 2.90. The highest BCUT2D eigenvalue weighted by atomic mass is 32.1. The summed E-state index contributed by atoms with van der Waals surface area (Å²) in [6, 6.07) is 11.8. The van der Waals surface area contributed by atoms with Crippen molar-refractivity contribution in [3.63, 3.8) is 0 Å². The maximum atomic E-state index is 12.6. The first-order valence-corrected chi connectivity index (χ1v) is 9.03. The van der Waals surface area contributed by atoms with E-state index in [1.54, 1.807) is 48.5 Å². The Kier molecular flexibility index (Phi) is 5.18. The Bertz CT molecular complexity index is 1010. The molecule has 0 radical (unpaired) electrons. The summed E-state index contributed by atoms with van der Waals surface area (Å²) in [7, 11) is 3.43. The molecule has 0 aliphatic carbocycles. The van der Waals surface area contributed by atoms with Gasteiger partial charge in [0, 0.05) is 42.4 Å². The number of anilines is 2. The van der Waals surface area contributed by atoms with Crippen LogP contribution in [0.3, 0.4) is 0 Å². The number of nitro groups is 1. The third-order valence-electron chi connectivity index (χ3n) is 3.95. The van der Waals surface area contributed by atoms with E-state index in [0.29, 0.717) is 11.4 Å². The van der Waals surface area contributed by atoms with Crippen LogP contribution in [-0.4, -0.2) is 29.9 Å². The molecule has 0 saturated carbocycles. The lowest BCUT2D eigenvalue weighted by Crippen LogP contribution is -2.15. The molecular weight excluding hydrogens is 364 g/mol. The van der Waals surface area contributed by atoms with Gasteiger partial charge in [0.05, 0.1) is 15.6 Å². The topological polar surface area (TPSA) is 88.4 Å². The zero-order valence-corrected chi connectivity index (χ0v) is 15.9. The highest BCUT2D eigenvalue weighted by Gasteiger charge is 2.19. The minimum Gasteiger partial charge on any atom is -0.372 e. The van der Waals surface area contributed by atoms with E-state index in [2.05, 4.69) is 10.3 Å². The molecule has 1 heterocycles. The van der Waals surface area contributed by atoms with E-state index in [0.717, 1.165) is 16.3 Å². The Balaban J connectivity index is 1.85. The quantitative estimate of drug-likeness (QED) is 0.524. The van der Waals surface area contributed by atoms with Gasteiger partial charge in [-0.15, -0.1) is 11.3 Å². The van der Waals surface area contributed by atoms with Gasteiger partial charge in [-0.05, 0) is 31.2 Å². The van der Waals surface area contributed by atoms with Crippen LogP contribution >= 0.6 is 11.3 Å². The van der Waals surface area contributed by atoms with E-state index in [1.807, 2.05) is 30.5 Å². The van der Waals surface area contributed by atoms with Crippen LogP contribution in [0.4, 0.5) is 17.1 Å². The van der Waals surface area contributed by atoms with E-state index in [1.165, 1.54) is 6.07 Å². The Morgan fingerprint density at radius 1 is 1.22 bits per heavy atom. The van der Waals surface area contributed by atoms with Crippen LogP contribution in [0.2, 0.25) is 0 Å². The number of nitrogens with one attached hydrogen (secondary N) is 1. The van der Waals surface area contributed by atoms with Crippen molar-refractivity contribution in [2.75, 3.05) is 24.3 Å². The van der Waals surface area contributed by atoms with Crippen molar-refractivity contribution in [1.29, 1.82) is 0 Å². The summed E-state index contributed by atoms with van der Waals surface area (Å²) in [4.78, 5) is 29.5. The van der Waals surface area contributed by atoms with Crippen molar-refractivity contribution >= 4 is 34.3 Å². The normalized spacial score (nSPS) is 10.5. The molecule has 0 spiro atoms. The predicted octanol–water partition coefficient (Wildman–Crippen LogP) is 4.35. The van der Waals surface area contributed by atoms with E-state index in [9.17, 15) is 14.9 Å². The first kappa shape index (κ1) is 18.5. The lowest BCUT2D eigenvalue weighted by atomic mass is 10.1. The lowest BCUT2D eigenvalue weighted by molar-refractivity contribution is -0.384. The van der Waals surface area contributed by atoms with Gasteiger partial charge < -0.3 is 10.2 Å². The fourth-order valence-corrected chi connectivity index (χ4v) is 3.27. The average molecular weight is 382 g/mol. The first-order chi connectivity index (χ1) is 12.8. The number of thiazole rings is 1. The summed E-state index contributed by atoms with van der Waals surface area (Å²) < 4.78 is 0. The van der Waals surface area contributed by atoms with Gasteiger partial charge in [-0.3, -0.25) is 14.9 Å². The molecule has 3 rings (SSSR count). The minimum atomic E-state index is -0.489. The molecule has 0 bridgehead atoms. The van der Waals surface area contributed by atoms with Gasteiger partial charge in [0.15, 0.2) is 0 Å². The van der Waals surface area contributed by atoms with Crippen molar-refractivity contribution in [3.8, 4) is 11.3 Å². The molecule has 0 aliphatic rings. The molecule has 0 atom stereocenters.